The highest BCUT2D eigenvalue weighted by molar-refractivity contribution is 8.13. The first-order valence-electron chi connectivity index (χ1n) is 10.6. The molecule has 0 radical (unpaired) electrons. The number of thioether (sulfide) groups is 1. The molecule has 1 saturated heterocycles. The number of aliphatic hydroxyl groups excluding tert-OH is 2. The van der Waals surface area contributed by atoms with Gasteiger partial charge in [0, 0.05) is 19.1 Å². The van der Waals surface area contributed by atoms with E-state index in [9.17, 15) is 24.4 Å². The SMILES string of the molecule is CCc1nc2c(ncn2[C@@H]2O[C@](C)(COP(=O)(OCCSC(C)=O)N(C)C)[C@H](O)C2O)c(=O)[nH]1. The van der Waals surface area contributed by atoms with Crippen molar-refractivity contribution in [3.8, 4) is 0 Å². The van der Waals surface area contributed by atoms with Gasteiger partial charge in [0.1, 0.15) is 23.6 Å². The first kappa shape index (κ1) is 27.0. The van der Waals surface area contributed by atoms with Gasteiger partial charge >= 0.3 is 7.75 Å². The highest BCUT2D eigenvalue weighted by atomic mass is 32.2. The maximum Gasteiger partial charge on any atom is 0.407 e. The van der Waals surface area contributed by atoms with Crippen LogP contribution in [0.1, 0.15) is 32.8 Å². The third-order valence-electron chi connectivity index (χ3n) is 5.37. The number of ether oxygens (including phenoxy) is 1. The number of H-pyrrole nitrogens is 1. The molecule has 1 fully saturated rings. The summed E-state index contributed by atoms with van der Waals surface area (Å²) in [6.07, 6.45) is -2.18. The largest absolute Gasteiger partial charge is 0.407 e. The maximum absolute atomic E-state index is 13.2. The number of aromatic amines is 1. The summed E-state index contributed by atoms with van der Waals surface area (Å²) in [7, 11) is -0.748. The normalized spacial score (nSPS) is 26.9. The molecule has 0 amide bonds. The van der Waals surface area contributed by atoms with Crippen molar-refractivity contribution in [1.82, 2.24) is 24.2 Å². The molecule has 5 atom stereocenters. The smallest absolute Gasteiger partial charge is 0.387 e. The lowest BCUT2D eigenvalue weighted by Crippen LogP contribution is -2.44. The van der Waals surface area contributed by atoms with E-state index in [2.05, 4.69) is 15.0 Å². The van der Waals surface area contributed by atoms with Gasteiger partial charge in [0.05, 0.1) is 19.5 Å². The predicted molar refractivity (Wildman–Crippen MR) is 124 cm³/mol. The van der Waals surface area contributed by atoms with Gasteiger partial charge < -0.3 is 19.9 Å². The van der Waals surface area contributed by atoms with Crippen LogP contribution in [0.5, 0.6) is 0 Å². The van der Waals surface area contributed by atoms with Crippen LogP contribution in [-0.4, -0.2) is 90.4 Å². The number of hydrogen-bond donors (Lipinski definition) is 3. The first-order chi connectivity index (χ1) is 15.9. The summed E-state index contributed by atoms with van der Waals surface area (Å²) in [6.45, 7) is 4.38. The minimum absolute atomic E-state index is 0.00603. The van der Waals surface area contributed by atoms with Crippen molar-refractivity contribution in [3.05, 3.63) is 22.5 Å². The lowest BCUT2D eigenvalue weighted by atomic mass is 9.99. The molecule has 0 spiro atoms. The number of nitrogens with one attached hydrogen (secondary N) is 1. The van der Waals surface area contributed by atoms with Crippen LogP contribution in [-0.2, 0) is 29.6 Å². The zero-order chi connectivity index (χ0) is 25.3. The van der Waals surface area contributed by atoms with Crippen molar-refractivity contribution in [3.63, 3.8) is 0 Å². The molecule has 0 aliphatic carbocycles. The summed E-state index contributed by atoms with van der Waals surface area (Å²) in [5.74, 6) is 0.734. The van der Waals surface area contributed by atoms with Gasteiger partial charge in [-0.1, -0.05) is 18.7 Å². The minimum atomic E-state index is -3.77. The second-order valence-corrected chi connectivity index (χ2v) is 11.7. The summed E-state index contributed by atoms with van der Waals surface area (Å²) in [4.78, 5) is 34.4. The van der Waals surface area contributed by atoms with E-state index in [4.69, 9.17) is 13.8 Å². The second kappa shape index (κ2) is 10.5. The standard InChI is InChI=1S/C19H30N5O8PS/c1-6-12-21-16-13(17(28)22-12)20-10-24(16)18-14(26)15(27)19(3,32-18)9-31-33(29,23(4)5)30-7-8-34-11(2)25/h10,14-15,18,26-27H,6-9H2,1-5H3,(H,21,22,28)/t14?,15-,18-,19-,33?/m1/s1. The summed E-state index contributed by atoms with van der Waals surface area (Å²) in [5, 5.41) is 21.4. The molecule has 3 heterocycles. The number of fused-ring (bicyclic) bond motifs is 1. The fourth-order valence-corrected chi connectivity index (χ4v) is 5.27. The van der Waals surface area contributed by atoms with Crippen molar-refractivity contribution < 1.29 is 33.4 Å². The molecular formula is C19H30N5O8PS. The summed E-state index contributed by atoms with van der Waals surface area (Å²) in [5.41, 5.74) is -1.63. The third kappa shape index (κ3) is 5.44. The molecule has 0 bridgehead atoms. The van der Waals surface area contributed by atoms with Crippen LogP contribution in [0.3, 0.4) is 0 Å². The van der Waals surface area contributed by atoms with Crippen LogP contribution < -0.4 is 5.56 Å². The third-order valence-corrected chi connectivity index (χ3v) is 8.09. The number of aromatic nitrogens is 4. The number of imidazole rings is 1. The predicted octanol–water partition coefficient (Wildman–Crippen LogP) is 0.674. The fourth-order valence-electron chi connectivity index (χ4n) is 3.41. The van der Waals surface area contributed by atoms with Crippen LogP contribution in [0, 0.1) is 0 Å². The van der Waals surface area contributed by atoms with Gasteiger partial charge in [-0.2, -0.15) is 0 Å². The zero-order valence-electron chi connectivity index (χ0n) is 19.6. The van der Waals surface area contributed by atoms with Gasteiger partial charge in [-0.3, -0.25) is 23.2 Å². The molecule has 2 aromatic rings. The molecule has 1 aliphatic rings. The molecular weight excluding hydrogens is 489 g/mol. The molecule has 190 valence electrons. The van der Waals surface area contributed by atoms with Crippen molar-refractivity contribution in [2.45, 2.75) is 51.2 Å². The van der Waals surface area contributed by atoms with Gasteiger partial charge in [0.15, 0.2) is 22.5 Å². The molecule has 15 heteroatoms. The lowest BCUT2D eigenvalue weighted by molar-refractivity contribution is -0.113. The maximum atomic E-state index is 13.2. The average molecular weight is 520 g/mol. The Morgan fingerprint density at radius 2 is 2.12 bits per heavy atom. The van der Waals surface area contributed by atoms with E-state index in [0.717, 1.165) is 11.8 Å². The van der Waals surface area contributed by atoms with Crippen molar-refractivity contribution >= 4 is 35.8 Å². The van der Waals surface area contributed by atoms with E-state index in [1.807, 2.05) is 6.92 Å². The van der Waals surface area contributed by atoms with Crippen LogP contribution >= 0.6 is 19.5 Å². The topological polar surface area (TPSA) is 169 Å². The quantitative estimate of drug-likeness (QED) is 0.297. The molecule has 3 N–H and O–H groups in total. The summed E-state index contributed by atoms with van der Waals surface area (Å²) in [6, 6.07) is 0. The Morgan fingerprint density at radius 1 is 1.41 bits per heavy atom. The number of aryl methyl sites for hydroxylation is 1. The average Bonchev–Trinajstić information content (AvgIpc) is 3.30. The highest BCUT2D eigenvalue weighted by Gasteiger charge is 2.53. The highest BCUT2D eigenvalue weighted by Crippen LogP contribution is 2.52. The number of rotatable bonds is 10. The van der Waals surface area contributed by atoms with Gasteiger partial charge in [-0.05, 0) is 21.0 Å². The molecule has 3 rings (SSSR count). The Hall–Kier alpha value is -1.64. The van der Waals surface area contributed by atoms with Crippen molar-refractivity contribution in [2.24, 2.45) is 0 Å². The van der Waals surface area contributed by atoms with Gasteiger partial charge in [0.25, 0.3) is 5.56 Å². The molecule has 13 nitrogen and oxygen atoms in total. The second-order valence-electron chi connectivity index (χ2n) is 8.21. The summed E-state index contributed by atoms with van der Waals surface area (Å²) < 4.78 is 32.8. The van der Waals surface area contributed by atoms with Gasteiger partial charge in [-0.15, -0.1) is 0 Å². The van der Waals surface area contributed by atoms with E-state index in [1.54, 1.807) is 0 Å². The Kier molecular flexibility index (Phi) is 8.36. The molecule has 2 unspecified atom stereocenters. The Labute approximate surface area is 200 Å². The lowest BCUT2D eigenvalue weighted by Gasteiger charge is -2.31. The number of nitrogens with zero attached hydrogens (tertiary/aromatic N) is 4. The Morgan fingerprint density at radius 3 is 2.74 bits per heavy atom. The fraction of sp³-hybridized carbons (Fsp3) is 0.684. The van der Waals surface area contributed by atoms with E-state index in [-0.39, 0.29) is 29.5 Å². The van der Waals surface area contributed by atoms with Gasteiger partial charge in [0.2, 0.25) is 0 Å². The van der Waals surface area contributed by atoms with Crippen molar-refractivity contribution in [2.75, 3.05) is 33.1 Å². The number of carbonyl (C=O) groups is 1. The van der Waals surface area contributed by atoms with Crippen LogP contribution in [0.15, 0.2) is 11.1 Å². The monoisotopic (exact) mass is 519 g/mol. The first-order valence-corrected chi connectivity index (χ1v) is 13.1. The molecule has 2 aromatic heterocycles. The minimum Gasteiger partial charge on any atom is -0.387 e. The van der Waals surface area contributed by atoms with Crippen LogP contribution in [0.25, 0.3) is 11.2 Å². The Balaban J connectivity index is 1.78. The Bertz CT molecular complexity index is 1140. The molecule has 0 aromatic carbocycles. The van der Waals surface area contributed by atoms with Crippen LogP contribution in [0.4, 0.5) is 0 Å². The molecule has 34 heavy (non-hydrogen) atoms. The number of aliphatic hydroxyl groups is 2. The number of hydrogen-bond acceptors (Lipinski definition) is 11. The van der Waals surface area contributed by atoms with E-state index < -0.39 is 37.3 Å². The zero-order valence-corrected chi connectivity index (χ0v) is 21.3. The van der Waals surface area contributed by atoms with Gasteiger partial charge in [-0.25, -0.2) is 19.2 Å². The molecule has 0 saturated carbocycles. The number of carbonyl (C=O) groups excluding carboxylic acids is 1. The van der Waals surface area contributed by atoms with E-state index >= 15 is 0 Å². The van der Waals surface area contributed by atoms with Crippen molar-refractivity contribution in [1.29, 1.82) is 0 Å². The van der Waals surface area contributed by atoms with E-state index in [1.165, 1.54) is 43.5 Å². The van der Waals surface area contributed by atoms with Crippen LogP contribution in [0.2, 0.25) is 0 Å². The summed E-state index contributed by atoms with van der Waals surface area (Å²) >= 11 is 1.03. The molecule has 1 aliphatic heterocycles. The van der Waals surface area contributed by atoms with E-state index in [0.29, 0.717) is 18.0 Å².